The molecule has 2 aliphatic rings. The molecule has 3 atom stereocenters. The van der Waals surface area contributed by atoms with Crippen molar-refractivity contribution >= 4 is 6.09 Å². The van der Waals surface area contributed by atoms with Gasteiger partial charge in [0.2, 0.25) is 0 Å². The van der Waals surface area contributed by atoms with Gasteiger partial charge < -0.3 is 20.6 Å². The highest BCUT2D eigenvalue weighted by atomic mass is 16.4. The molecule has 1 amide bonds. The number of rotatable bonds is 3. The highest BCUT2D eigenvalue weighted by Gasteiger charge is 2.36. The maximum absolute atomic E-state index is 11.2. The number of nitriles is 1. The quantitative estimate of drug-likeness (QED) is 0.881. The summed E-state index contributed by atoms with van der Waals surface area (Å²) in [5.41, 5.74) is 7.99. The van der Waals surface area contributed by atoms with Crippen LogP contribution in [0.2, 0.25) is 0 Å². The lowest BCUT2D eigenvalue weighted by Crippen LogP contribution is -2.54. The Balaban J connectivity index is 1.59. The predicted molar refractivity (Wildman–Crippen MR) is 85.7 cm³/mol. The highest BCUT2D eigenvalue weighted by Crippen LogP contribution is 2.29. The molecule has 2 heterocycles. The molecular formula is C17H22N4O2. The predicted octanol–water partition coefficient (Wildman–Crippen LogP) is 1.49. The summed E-state index contributed by atoms with van der Waals surface area (Å²) in [5, 5.41) is 18.0. The smallest absolute Gasteiger partial charge is 0.407 e. The van der Waals surface area contributed by atoms with Gasteiger partial charge in [0.15, 0.2) is 0 Å². The molecule has 6 nitrogen and oxygen atoms in total. The number of carbonyl (C=O) groups is 1. The van der Waals surface area contributed by atoms with Crippen molar-refractivity contribution in [2.75, 3.05) is 32.7 Å². The largest absolute Gasteiger partial charge is 0.465 e. The molecule has 23 heavy (non-hydrogen) atoms. The topological polar surface area (TPSA) is 93.6 Å². The van der Waals surface area contributed by atoms with Crippen molar-refractivity contribution in [3.63, 3.8) is 0 Å². The first-order valence-electron chi connectivity index (χ1n) is 8.01. The molecule has 0 aliphatic carbocycles. The van der Waals surface area contributed by atoms with Crippen molar-refractivity contribution in [3.05, 3.63) is 35.4 Å². The van der Waals surface area contributed by atoms with Crippen molar-refractivity contribution in [2.45, 2.75) is 12.5 Å². The molecule has 3 rings (SSSR count). The fourth-order valence-electron chi connectivity index (χ4n) is 3.88. The van der Waals surface area contributed by atoms with E-state index >= 15 is 0 Å². The fraction of sp³-hybridized carbons (Fsp3) is 0.529. The van der Waals surface area contributed by atoms with Crippen LogP contribution >= 0.6 is 0 Å². The number of likely N-dealkylation sites (tertiary alicyclic amines) is 2. The Morgan fingerprint density at radius 2 is 1.87 bits per heavy atom. The zero-order valence-corrected chi connectivity index (χ0v) is 13.1. The minimum absolute atomic E-state index is 0.0860. The number of carboxylic acid groups (broad SMARTS) is 1. The number of nitrogens with zero attached hydrogens (tertiary/aromatic N) is 3. The summed E-state index contributed by atoms with van der Waals surface area (Å²) in [5.74, 6) is 0.818. The van der Waals surface area contributed by atoms with Crippen molar-refractivity contribution in [1.82, 2.24) is 9.80 Å². The zero-order chi connectivity index (χ0) is 16.4. The fourth-order valence-corrected chi connectivity index (χ4v) is 3.88. The molecule has 2 saturated heterocycles. The highest BCUT2D eigenvalue weighted by molar-refractivity contribution is 5.65. The standard InChI is InChI=1S/C17H22N4O2/c18-6-12-1-3-15(4-2-12)16(19)11-20-7-13-5-14(8-20)10-21(9-13)17(22)23/h1-4,13-14,16H,5,7-11,19H2,(H,22,23). The molecule has 3 N–H and O–H groups in total. The molecule has 0 radical (unpaired) electrons. The van der Waals surface area contributed by atoms with Crippen LogP contribution in [0, 0.1) is 23.2 Å². The molecule has 2 bridgehead atoms. The minimum atomic E-state index is -0.803. The van der Waals surface area contributed by atoms with Crippen LogP contribution in [0.1, 0.15) is 23.6 Å². The summed E-state index contributed by atoms with van der Waals surface area (Å²) in [6, 6.07) is 9.45. The third-order valence-corrected chi connectivity index (χ3v) is 4.85. The number of nitrogens with two attached hydrogens (primary N) is 1. The van der Waals surface area contributed by atoms with E-state index in [1.807, 2.05) is 12.1 Å². The second-order valence-corrected chi connectivity index (χ2v) is 6.71. The van der Waals surface area contributed by atoms with Crippen LogP contribution in [0.3, 0.4) is 0 Å². The van der Waals surface area contributed by atoms with E-state index in [-0.39, 0.29) is 6.04 Å². The molecule has 0 aromatic heterocycles. The summed E-state index contributed by atoms with van der Waals surface area (Å²) in [7, 11) is 0. The van der Waals surface area contributed by atoms with E-state index in [2.05, 4.69) is 11.0 Å². The molecule has 1 aromatic rings. The molecular weight excluding hydrogens is 292 g/mol. The van der Waals surface area contributed by atoms with E-state index in [0.717, 1.165) is 31.6 Å². The van der Waals surface area contributed by atoms with E-state index in [9.17, 15) is 4.79 Å². The molecule has 2 aliphatic heterocycles. The normalized spacial score (nSPS) is 25.7. The average Bonchev–Trinajstić information content (AvgIpc) is 2.54. The van der Waals surface area contributed by atoms with Crippen LogP contribution < -0.4 is 5.73 Å². The number of hydrogen-bond donors (Lipinski definition) is 2. The zero-order valence-electron chi connectivity index (χ0n) is 13.1. The van der Waals surface area contributed by atoms with E-state index in [4.69, 9.17) is 16.1 Å². The number of hydrogen-bond acceptors (Lipinski definition) is 4. The Morgan fingerprint density at radius 3 is 2.39 bits per heavy atom. The summed E-state index contributed by atoms with van der Waals surface area (Å²) in [6.45, 7) is 3.85. The van der Waals surface area contributed by atoms with Crippen LogP contribution in [0.5, 0.6) is 0 Å². The molecule has 0 spiro atoms. The lowest BCUT2D eigenvalue weighted by molar-refractivity contribution is 0.0313. The second kappa shape index (κ2) is 6.57. The monoisotopic (exact) mass is 314 g/mol. The first-order chi connectivity index (χ1) is 11.0. The van der Waals surface area contributed by atoms with E-state index in [0.29, 0.717) is 30.5 Å². The van der Waals surface area contributed by atoms with E-state index in [1.54, 1.807) is 17.0 Å². The molecule has 2 fully saturated rings. The van der Waals surface area contributed by atoms with Gasteiger partial charge in [0.1, 0.15) is 0 Å². The number of benzene rings is 1. The van der Waals surface area contributed by atoms with Crippen LogP contribution in [0.25, 0.3) is 0 Å². The Morgan fingerprint density at radius 1 is 1.26 bits per heavy atom. The summed E-state index contributed by atoms with van der Waals surface area (Å²) >= 11 is 0. The lowest BCUT2D eigenvalue weighted by Gasteiger charge is -2.45. The SMILES string of the molecule is N#Cc1ccc(C(N)CN2CC3CC(C2)CN(C(=O)O)C3)cc1. The maximum atomic E-state index is 11.2. The van der Waals surface area contributed by atoms with Gasteiger partial charge in [-0.25, -0.2) is 4.79 Å². The number of piperidine rings is 2. The second-order valence-electron chi connectivity index (χ2n) is 6.71. The molecule has 122 valence electrons. The Kier molecular flexibility index (Phi) is 4.51. The summed E-state index contributed by atoms with van der Waals surface area (Å²) < 4.78 is 0. The van der Waals surface area contributed by atoms with Crippen LogP contribution in [-0.4, -0.2) is 53.7 Å². The van der Waals surface area contributed by atoms with E-state index in [1.165, 1.54) is 0 Å². The van der Waals surface area contributed by atoms with E-state index < -0.39 is 6.09 Å². The number of amides is 1. The molecule has 1 aromatic carbocycles. The third kappa shape index (κ3) is 3.63. The van der Waals surface area contributed by atoms with Gasteiger partial charge in [0.25, 0.3) is 0 Å². The molecule has 6 heteroatoms. The van der Waals surface area contributed by atoms with Crippen molar-refractivity contribution in [2.24, 2.45) is 17.6 Å². The van der Waals surface area contributed by atoms with Gasteiger partial charge >= 0.3 is 6.09 Å². The van der Waals surface area contributed by atoms with Crippen molar-refractivity contribution in [3.8, 4) is 6.07 Å². The van der Waals surface area contributed by atoms with Crippen molar-refractivity contribution in [1.29, 1.82) is 5.26 Å². The van der Waals surface area contributed by atoms with Gasteiger partial charge in [0.05, 0.1) is 11.6 Å². The van der Waals surface area contributed by atoms with Crippen molar-refractivity contribution < 1.29 is 9.90 Å². The van der Waals surface area contributed by atoms with Crippen LogP contribution in [0.15, 0.2) is 24.3 Å². The average molecular weight is 314 g/mol. The van der Waals surface area contributed by atoms with Crippen LogP contribution in [0.4, 0.5) is 4.79 Å². The van der Waals surface area contributed by atoms with Crippen LogP contribution in [-0.2, 0) is 0 Å². The lowest BCUT2D eigenvalue weighted by atomic mass is 9.84. The number of fused-ring (bicyclic) bond motifs is 2. The van der Waals surface area contributed by atoms with Gasteiger partial charge in [-0.05, 0) is 36.0 Å². The van der Waals surface area contributed by atoms with Gasteiger partial charge in [0, 0.05) is 38.8 Å². The summed E-state index contributed by atoms with van der Waals surface area (Å²) in [4.78, 5) is 15.1. The first kappa shape index (κ1) is 15.8. The Bertz CT molecular complexity index is 596. The Hall–Kier alpha value is -2.10. The molecule has 0 saturated carbocycles. The maximum Gasteiger partial charge on any atom is 0.407 e. The third-order valence-electron chi connectivity index (χ3n) is 4.85. The van der Waals surface area contributed by atoms with Gasteiger partial charge in [-0.3, -0.25) is 0 Å². The van der Waals surface area contributed by atoms with Gasteiger partial charge in [-0.1, -0.05) is 12.1 Å². The Labute approximate surface area is 136 Å². The van der Waals surface area contributed by atoms with Gasteiger partial charge in [-0.15, -0.1) is 0 Å². The molecule has 3 unspecified atom stereocenters. The van der Waals surface area contributed by atoms with Gasteiger partial charge in [-0.2, -0.15) is 5.26 Å². The first-order valence-corrected chi connectivity index (χ1v) is 8.01. The summed E-state index contributed by atoms with van der Waals surface area (Å²) in [6.07, 6.45) is 0.314. The minimum Gasteiger partial charge on any atom is -0.465 e.